The van der Waals surface area contributed by atoms with E-state index in [9.17, 15) is 14.0 Å². The molecule has 0 unspecified atom stereocenters. The molecule has 1 fully saturated rings. The molecule has 3 aromatic rings. The number of hydrogen-bond acceptors (Lipinski definition) is 6. The number of ether oxygens (including phenoxy) is 2. The third-order valence-electron chi connectivity index (χ3n) is 5.71. The van der Waals surface area contributed by atoms with Gasteiger partial charge in [0, 0.05) is 30.0 Å². The average Bonchev–Trinajstić information content (AvgIpc) is 3.44. The lowest BCUT2D eigenvalue weighted by atomic mass is 10.2. The lowest BCUT2D eigenvalue weighted by molar-refractivity contribution is -0.118. The summed E-state index contributed by atoms with van der Waals surface area (Å²) in [7, 11) is 1.47. The molecule has 0 bridgehead atoms. The van der Waals surface area contributed by atoms with Gasteiger partial charge in [0.25, 0.3) is 11.8 Å². The Labute approximate surface area is 222 Å². The van der Waals surface area contributed by atoms with Gasteiger partial charge in [0.1, 0.15) is 5.82 Å². The first kappa shape index (κ1) is 26.2. The zero-order valence-electron chi connectivity index (χ0n) is 20.2. The fourth-order valence-electron chi connectivity index (χ4n) is 3.85. The first-order valence-electron chi connectivity index (χ1n) is 11.7. The third-order valence-corrected chi connectivity index (χ3v) is 6.30. The smallest absolute Gasteiger partial charge is 0.271 e. The van der Waals surface area contributed by atoms with Crippen LogP contribution < -0.4 is 25.1 Å². The van der Waals surface area contributed by atoms with Crippen molar-refractivity contribution in [3.05, 3.63) is 82.1 Å². The van der Waals surface area contributed by atoms with Crippen LogP contribution in [0.2, 0.25) is 0 Å². The van der Waals surface area contributed by atoms with Crippen LogP contribution in [-0.2, 0) is 4.79 Å². The number of rotatable bonds is 9. The van der Waals surface area contributed by atoms with Gasteiger partial charge in [-0.15, -0.1) is 0 Å². The van der Waals surface area contributed by atoms with Crippen LogP contribution in [0, 0.1) is 5.82 Å². The van der Waals surface area contributed by atoms with Gasteiger partial charge in [-0.25, -0.2) is 9.82 Å². The molecule has 2 amide bonds. The van der Waals surface area contributed by atoms with Gasteiger partial charge in [-0.3, -0.25) is 9.59 Å². The Morgan fingerprint density at radius 2 is 1.78 bits per heavy atom. The van der Waals surface area contributed by atoms with Crippen molar-refractivity contribution in [2.75, 3.05) is 37.0 Å². The number of anilines is 2. The molecule has 3 aromatic carbocycles. The monoisotopic (exact) mass is 568 g/mol. The zero-order valence-corrected chi connectivity index (χ0v) is 21.8. The topological polar surface area (TPSA) is 92.3 Å². The molecule has 0 spiro atoms. The Kier molecular flexibility index (Phi) is 8.73. The van der Waals surface area contributed by atoms with E-state index in [4.69, 9.17) is 9.47 Å². The normalized spacial score (nSPS) is 13.0. The van der Waals surface area contributed by atoms with Gasteiger partial charge in [-0.1, -0.05) is 0 Å². The number of carbonyl (C=O) groups is 2. The summed E-state index contributed by atoms with van der Waals surface area (Å²) in [5, 5.41) is 6.67. The fraction of sp³-hybridized carbons (Fsp3) is 0.222. The van der Waals surface area contributed by atoms with Gasteiger partial charge >= 0.3 is 0 Å². The van der Waals surface area contributed by atoms with Crippen molar-refractivity contribution >= 4 is 45.3 Å². The number of hydrazone groups is 1. The highest BCUT2D eigenvalue weighted by molar-refractivity contribution is 9.10. The van der Waals surface area contributed by atoms with Crippen molar-refractivity contribution in [3.63, 3.8) is 0 Å². The van der Waals surface area contributed by atoms with Crippen LogP contribution in [0.1, 0.15) is 28.8 Å². The summed E-state index contributed by atoms with van der Waals surface area (Å²) in [5.74, 6) is -0.423. The van der Waals surface area contributed by atoms with Crippen molar-refractivity contribution in [3.8, 4) is 11.5 Å². The summed E-state index contributed by atoms with van der Waals surface area (Å²) >= 11 is 3.42. The summed E-state index contributed by atoms with van der Waals surface area (Å²) in [6.07, 6.45) is 3.87. The summed E-state index contributed by atoms with van der Waals surface area (Å²) in [4.78, 5) is 27.0. The minimum atomic E-state index is -0.414. The zero-order chi connectivity index (χ0) is 26.2. The molecule has 0 atom stereocenters. The second-order valence-corrected chi connectivity index (χ2v) is 9.17. The number of halogens is 2. The number of nitrogens with zero attached hydrogens (tertiary/aromatic N) is 2. The molecule has 1 aliphatic heterocycles. The molecule has 4 rings (SSSR count). The number of methoxy groups -OCH3 is 1. The molecule has 0 saturated carbocycles. The van der Waals surface area contributed by atoms with E-state index < -0.39 is 11.7 Å². The van der Waals surface area contributed by atoms with E-state index in [-0.39, 0.29) is 12.5 Å². The van der Waals surface area contributed by atoms with Crippen LogP contribution in [0.4, 0.5) is 15.8 Å². The molecule has 37 heavy (non-hydrogen) atoms. The molecule has 0 aromatic heterocycles. The average molecular weight is 569 g/mol. The van der Waals surface area contributed by atoms with Gasteiger partial charge in [0.05, 0.1) is 17.8 Å². The molecule has 0 radical (unpaired) electrons. The Morgan fingerprint density at radius 3 is 2.46 bits per heavy atom. The quantitative estimate of drug-likeness (QED) is 0.280. The van der Waals surface area contributed by atoms with E-state index in [1.165, 1.54) is 50.4 Å². The molecule has 192 valence electrons. The third kappa shape index (κ3) is 7.07. The second-order valence-electron chi connectivity index (χ2n) is 8.32. The van der Waals surface area contributed by atoms with Crippen molar-refractivity contribution in [2.24, 2.45) is 5.10 Å². The van der Waals surface area contributed by atoms with Gasteiger partial charge in [0.15, 0.2) is 18.1 Å². The molecular weight excluding hydrogens is 543 g/mol. The second kappa shape index (κ2) is 12.4. The van der Waals surface area contributed by atoms with Crippen LogP contribution in [-0.4, -0.2) is 44.8 Å². The van der Waals surface area contributed by atoms with E-state index in [1.807, 2.05) is 12.1 Å². The van der Waals surface area contributed by atoms with Crippen LogP contribution in [0.25, 0.3) is 0 Å². The maximum atomic E-state index is 13.0. The molecular formula is C27H26BrFN4O4. The van der Waals surface area contributed by atoms with E-state index in [1.54, 1.807) is 24.3 Å². The van der Waals surface area contributed by atoms with Gasteiger partial charge in [-0.05, 0) is 95.0 Å². The molecule has 1 saturated heterocycles. The highest BCUT2D eigenvalue weighted by atomic mass is 79.9. The maximum absolute atomic E-state index is 13.0. The predicted octanol–water partition coefficient (Wildman–Crippen LogP) is 4.98. The highest BCUT2D eigenvalue weighted by Crippen LogP contribution is 2.36. The maximum Gasteiger partial charge on any atom is 0.271 e. The van der Waals surface area contributed by atoms with E-state index in [0.29, 0.717) is 32.8 Å². The first-order chi connectivity index (χ1) is 17.9. The highest BCUT2D eigenvalue weighted by Gasteiger charge is 2.15. The summed E-state index contributed by atoms with van der Waals surface area (Å²) < 4.78 is 24.6. The standard InChI is InChI=1S/C27H26BrFN4O4/c1-36-24-15-18(14-23(28)26(24)37-17-25(34)31-21-8-6-20(29)7-9-21)16-30-32-27(35)19-4-10-22(11-5-19)33-12-2-3-13-33/h4-11,14-16H,2-3,12-13,17H2,1H3,(H,31,34)(H,32,35)/b30-16-. The molecule has 0 aliphatic carbocycles. The lowest BCUT2D eigenvalue weighted by Gasteiger charge is -2.17. The minimum absolute atomic E-state index is 0.285. The van der Waals surface area contributed by atoms with E-state index >= 15 is 0 Å². The van der Waals surface area contributed by atoms with Crippen molar-refractivity contribution in [1.82, 2.24) is 5.43 Å². The Morgan fingerprint density at radius 1 is 1.08 bits per heavy atom. The lowest BCUT2D eigenvalue weighted by Crippen LogP contribution is -2.20. The largest absolute Gasteiger partial charge is 0.493 e. The van der Waals surface area contributed by atoms with Crippen LogP contribution >= 0.6 is 15.9 Å². The number of hydrogen-bond donors (Lipinski definition) is 2. The van der Waals surface area contributed by atoms with Crippen LogP contribution in [0.3, 0.4) is 0 Å². The van der Waals surface area contributed by atoms with E-state index in [0.717, 1.165) is 18.8 Å². The predicted molar refractivity (Wildman–Crippen MR) is 144 cm³/mol. The molecule has 10 heteroatoms. The Balaban J connectivity index is 1.33. The summed E-state index contributed by atoms with van der Waals surface area (Å²) in [6, 6.07) is 16.3. The summed E-state index contributed by atoms with van der Waals surface area (Å²) in [5.41, 5.74) is 5.25. The van der Waals surface area contributed by atoms with Gasteiger partial charge in [-0.2, -0.15) is 5.10 Å². The van der Waals surface area contributed by atoms with Gasteiger partial charge < -0.3 is 19.7 Å². The molecule has 8 nitrogen and oxygen atoms in total. The SMILES string of the molecule is COc1cc(/C=N\NC(=O)c2ccc(N3CCCC3)cc2)cc(Br)c1OCC(=O)Nc1ccc(F)cc1. The van der Waals surface area contributed by atoms with E-state index in [2.05, 4.69) is 36.7 Å². The van der Waals surface area contributed by atoms with Gasteiger partial charge in [0.2, 0.25) is 0 Å². The number of carbonyl (C=O) groups excluding carboxylic acids is 2. The van der Waals surface area contributed by atoms with Crippen LogP contribution in [0.5, 0.6) is 11.5 Å². The minimum Gasteiger partial charge on any atom is -0.493 e. The number of benzene rings is 3. The molecule has 1 heterocycles. The fourth-order valence-corrected chi connectivity index (χ4v) is 4.43. The molecule has 2 N–H and O–H groups in total. The van der Waals surface area contributed by atoms with Crippen molar-refractivity contribution in [2.45, 2.75) is 12.8 Å². The Hall–Kier alpha value is -3.92. The Bertz CT molecular complexity index is 1280. The first-order valence-corrected chi connectivity index (χ1v) is 12.5. The van der Waals surface area contributed by atoms with Crippen molar-refractivity contribution < 1.29 is 23.5 Å². The van der Waals surface area contributed by atoms with Crippen LogP contribution in [0.15, 0.2) is 70.2 Å². The van der Waals surface area contributed by atoms with Crippen molar-refractivity contribution in [1.29, 1.82) is 0 Å². The molecule has 1 aliphatic rings. The number of amides is 2. The number of nitrogens with one attached hydrogen (secondary N) is 2. The summed E-state index contributed by atoms with van der Waals surface area (Å²) in [6.45, 7) is 1.80.